The first-order valence-corrected chi connectivity index (χ1v) is 5.56. The van der Waals surface area contributed by atoms with Crippen LogP contribution in [0.5, 0.6) is 0 Å². The molecule has 0 bridgehead atoms. The van der Waals surface area contributed by atoms with Gasteiger partial charge in [-0.25, -0.2) is 4.79 Å². The molecule has 0 aromatic carbocycles. The highest BCUT2D eigenvalue weighted by Gasteiger charge is 2.17. The molecule has 0 spiro atoms. The summed E-state index contributed by atoms with van der Waals surface area (Å²) in [6, 6.07) is -0.816. The SMILES string of the molecule is O=C(CCBr)N[C@H](CCS)C(=O)O. The van der Waals surface area contributed by atoms with Gasteiger partial charge >= 0.3 is 5.97 Å². The van der Waals surface area contributed by atoms with Gasteiger partial charge < -0.3 is 10.4 Å². The van der Waals surface area contributed by atoms with E-state index in [1.165, 1.54) is 0 Å². The van der Waals surface area contributed by atoms with Gasteiger partial charge in [-0.2, -0.15) is 12.6 Å². The summed E-state index contributed by atoms with van der Waals surface area (Å²) in [6.45, 7) is 0. The van der Waals surface area contributed by atoms with Crippen molar-refractivity contribution in [2.75, 3.05) is 11.1 Å². The number of carboxylic acids is 1. The maximum atomic E-state index is 11.0. The molecular formula is C7H12BrNO3S. The molecule has 0 radical (unpaired) electrons. The Balaban J connectivity index is 3.94. The Kier molecular flexibility index (Phi) is 7.07. The van der Waals surface area contributed by atoms with Crippen LogP contribution in [0.2, 0.25) is 0 Å². The van der Waals surface area contributed by atoms with E-state index in [2.05, 4.69) is 33.9 Å². The van der Waals surface area contributed by atoms with Crippen LogP contribution in [0.25, 0.3) is 0 Å². The van der Waals surface area contributed by atoms with Crippen molar-refractivity contribution in [3.8, 4) is 0 Å². The maximum absolute atomic E-state index is 11.0. The summed E-state index contributed by atoms with van der Waals surface area (Å²) in [5.41, 5.74) is 0. The molecule has 0 rings (SSSR count). The van der Waals surface area contributed by atoms with E-state index in [9.17, 15) is 9.59 Å². The molecule has 0 aliphatic carbocycles. The summed E-state index contributed by atoms with van der Waals surface area (Å²) in [5.74, 6) is -0.839. The summed E-state index contributed by atoms with van der Waals surface area (Å²) in [5, 5.41) is 11.6. The first-order chi connectivity index (χ1) is 6.11. The number of halogens is 1. The van der Waals surface area contributed by atoms with Crippen LogP contribution in [-0.2, 0) is 9.59 Å². The summed E-state index contributed by atoms with van der Waals surface area (Å²) < 4.78 is 0. The van der Waals surface area contributed by atoms with Crippen LogP contribution < -0.4 is 5.32 Å². The zero-order valence-electron chi connectivity index (χ0n) is 6.99. The minimum atomic E-state index is -1.02. The summed E-state index contributed by atoms with van der Waals surface area (Å²) >= 11 is 7.00. The summed E-state index contributed by atoms with van der Waals surface area (Å²) in [6.07, 6.45) is 0.628. The lowest BCUT2D eigenvalue weighted by Crippen LogP contribution is -2.41. The number of hydrogen-bond donors (Lipinski definition) is 3. The van der Waals surface area contributed by atoms with Crippen molar-refractivity contribution in [2.24, 2.45) is 0 Å². The van der Waals surface area contributed by atoms with Crippen LogP contribution in [0.15, 0.2) is 0 Å². The fraction of sp³-hybridized carbons (Fsp3) is 0.714. The number of aliphatic carboxylic acids is 1. The number of rotatable bonds is 6. The van der Waals surface area contributed by atoms with Crippen LogP contribution in [0, 0.1) is 0 Å². The smallest absolute Gasteiger partial charge is 0.326 e. The summed E-state index contributed by atoms with van der Waals surface area (Å²) in [7, 11) is 0. The molecule has 13 heavy (non-hydrogen) atoms. The van der Waals surface area contributed by atoms with Crippen LogP contribution in [0.1, 0.15) is 12.8 Å². The fourth-order valence-electron chi connectivity index (χ4n) is 0.739. The van der Waals surface area contributed by atoms with E-state index < -0.39 is 12.0 Å². The Morgan fingerprint density at radius 2 is 2.15 bits per heavy atom. The number of amides is 1. The molecule has 0 unspecified atom stereocenters. The Labute approximate surface area is 90.6 Å². The highest BCUT2D eigenvalue weighted by molar-refractivity contribution is 9.09. The van der Waals surface area contributed by atoms with Crippen molar-refractivity contribution in [1.29, 1.82) is 0 Å². The molecule has 0 heterocycles. The number of hydrogen-bond acceptors (Lipinski definition) is 3. The lowest BCUT2D eigenvalue weighted by atomic mass is 10.2. The Morgan fingerprint density at radius 3 is 2.54 bits per heavy atom. The first-order valence-electron chi connectivity index (χ1n) is 3.80. The normalized spacial score (nSPS) is 12.2. The first kappa shape index (κ1) is 12.8. The van der Waals surface area contributed by atoms with Crippen molar-refractivity contribution < 1.29 is 14.7 Å². The van der Waals surface area contributed by atoms with Crippen LogP contribution in [0.4, 0.5) is 0 Å². The molecule has 1 amide bonds. The largest absolute Gasteiger partial charge is 0.480 e. The molecule has 0 saturated carbocycles. The van der Waals surface area contributed by atoms with Crippen molar-refractivity contribution in [3.05, 3.63) is 0 Å². The van der Waals surface area contributed by atoms with E-state index in [4.69, 9.17) is 5.11 Å². The number of thiol groups is 1. The Bertz CT molecular complexity index is 189. The number of nitrogens with one attached hydrogen (secondary N) is 1. The van der Waals surface area contributed by atoms with Gasteiger partial charge in [-0.1, -0.05) is 15.9 Å². The predicted octanol–water partition coefficient (Wildman–Crippen LogP) is 0.661. The molecule has 4 nitrogen and oxygen atoms in total. The third-order valence-corrected chi connectivity index (χ3v) is 2.03. The van der Waals surface area contributed by atoms with Gasteiger partial charge in [0, 0.05) is 11.8 Å². The van der Waals surface area contributed by atoms with E-state index >= 15 is 0 Å². The highest BCUT2D eigenvalue weighted by Crippen LogP contribution is 1.96. The third-order valence-electron chi connectivity index (χ3n) is 1.37. The second-order valence-electron chi connectivity index (χ2n) is 2.41. The lowest BCUT2D eigenvalue weighted by molar-refractivity contribution is -0.141. The Hall–Kier alpha value is -0.230. The zero-order chi connectivity index (χ0) is 10.3. The van der Waals surface area contributed by atoms with Crippen LogP contribution in [-0.4, -0.2) is 34.1 Å². The van der Waals surface area contributed by atoms with Gasteiger partial charge in [0.05, 0.1) is 0 Å². The average Bonchev–Trinajstić information content (AvgIpc) is 2.04. The topological polar surface area (TPSA) is 66.4 Å². The van der Waals surface area contributed by atoms with Gasteiger partial charge in [0.15, 0.2) is 0 Å². The van der Waals surface area contributed by atoms with Crippen LogP contribution in [0.3, 0.4) is 0 Å². The Morgan fingerprint density at radius 1 is 1.54 bits per heavy atom. The highest BCUT2D eigenvalue weighted by atomic mass is 79.9. The van der Waals surface area contributed by atoms with Crippen molar-refractivity contribution in [2.45, 2.75) is 18.9 Å². The molecule has 0 saturated heterocycles. The predicted molar refractivity (Wildman–Crippen MR) is 56.4 cm³/mol. The second kappa shape index (κ2) is 7.20. The molecule has 1 atom stereocenters. The molecule has 0 aliphatic rings. The standard InChI is InChI=1S/C7H12BrNO3S/c8-3-1-6(10)9-5(2-4-13)7(11)12/h5,13H,1-4H2,(H,9,10)(H,11,12)/t5-/m1/s1. The van der Waals surface area contributed by atoms with E-state index in [1.54, 1.807) is 0 Å². The summed E-state index contributed by atoms with van der Waals surface area (Å²) in [4.78, 5) is 21.6. The minimum absolute atomic E-state index is 0.258. The third kappa shape index (κ3) is 5.93. The fourth-order valence-corrected chi connectivity index (χ4v) is 1.36. The number of carboxylic acid groups (broad SMARTS) is 1. The van der Waals surface area contributed by atoms with Crippen molar-refractivity contribution in [1.82, 2.24) is 5.32 Å². The molecule has 0 aliphatic heterocycles. The van der Waals surface area contributed by atoms with Gasteiger partial charge in [-0.3, -0.25) is 4.79 Å². The van der Waals surface area contributed by atoms with E-state index in [1.807, 2.05) is 0 Å². The van der Waals surface area contributed by atoms with Gasteiger partial charge in [-0.05, 0) is 12.2 Å². The second-order valence-corrected chi connectivity index (χ2v) is 3.65. The number of carbonyl (C=O) groups excluding carboxylic acids is 1. The zero-order valence-corrected chi connectivity index (χ0v) is 9.48. The monoisotopic (exact) mass is 269 g/mol. The molecule has 0 fully saturated rings. The van der Waals surface area contributed by atoms with Crippen molar-refractivity contribution in [3.63, 3.8) is 0 Å². The average molecular weight is 270 g/mol. The minimum Gasteiger partial charge on any atom is -0.480 e. The molecule has 6 heteroatoms. The van der Waals surface area contributed by atoms with E-state index in [0.29, 0.717) is 17.5 Å². The number of alkyl halides is 1. The van der Waals surface area contributed by atoms with E-state index in [0.717, 1.165) is 0 Å². The van der Waals surface area contributed by atoms with Crippen molar-refractivity contribution >= 4 is 40.4 Å². The van der Waals surface area contributed by atoms with Gasteiger partial charge in [0.1, 0.15) is 6.04 Å². The molecule has 0 aromatic heterocycles. The lowest BCUT2D eigenvalue weighted by Gasteiger charge is -2.12. The van der Waals surface area contributed by atoms with Gasteiger partial charge in [0.2, 0.25) is 5.91 Å². The maximum Gasteiger partial charge on any atom is 0.326 e. The molecule has 2 N–H and O–H groups in total. The molecule has 76 valence electrons. The molecule has 0 aromatic rings. The molecular weight excluding hydrogens is 258 g/mol. The number of carbonyl (C=O) groups is 2. The van der Waals surface area contributed by atoms with Crippen LogP contribution >= 0.6 is 28.6 Å². The van der Waals surface area contributed by atoms with Gasteiger partial charge in [0.25, 0.3) is 0 Å². The van der Waals surface area contributed by atoms with E-state index in [-0.39, 0.29) is 12.3 Å². The van der Waals surface area contributed by atoms with Gasteiger partial charge in [-0.15, -0.1) is 0 Å². The quantitative estimate of drug-likeness (QED) is 0.490.